The first-order valence-electron chi connectivity index (χ1n) is 7.94. The summed E-state index contributed by atoms with van der Waals surface area (Å²) in [7, 11) is 0. The van der Waals surface area contributed by atoms with Crippen molar-refractivity contribution in [3.05, 3.63) is 36.5 Å². The van der Waals surface area contributed by atoms with Crippen LogP contribution in [0.1, 0.15) is 26.2 Å². The van der Waals surface area contributed by atoms with Crippen molar-refractivity contribution in [3.63, 3.8) is 0 Å². The summed E-state index contributed by atoms with van der Waals surface area (Å²) in [5, 5.41) is 16.3. The molecule has 2 aromatic rings. The lowest BCUT2D eigenvalue weighted by Gasteiger charge is -2.12. The van der Waals surface area contributed by atoms with E-state index >= 15 is 0 Å². The molecule has 2 amide bonds. The average Bonchev–Trinajstić information content (AvgIpc) is 2.93. The number of nitrogens with zero attached hydrogens (tertiary/aromatic N) is 1. The Hall–Kier alpha value is -2.01. The molecular weight excluding hydrogens is 278 g/mol. The van der Waals surface area contributed by atoms with Crippen molar-refractivity contribution in [2.24, 2.45) is 0 Å². The number of aryl methyl sites for hydroxylation is 1. The second-order valence-corrected chi connectivity index (χ2v) is 5.50. The van der Waals surface area contributed by atoms with Crippen LogP contribution in [0, 0.1) is 0 Å². The Balaban J connectivity index is 1.66. The fourth-order valence-corrected chi connectivity index (χ4v) is 2.50. The van der Waals surface area contributed by atoms with Gasteiger partial charge in [0.1, 0.15) is 0 Å². The van der Waals surface area contributed by atoms with Crippen molar-refractivity contribution in [3.8, 4) is 0 Å². The first-order chi connectivity index (χ1) is 10.7. The molecule has 1 aromatic carbocycles. The first-order valence-corrected chi connectivity index (χ1v) is 7.94. The lowest BCUT2D eigenvalue weighted by Crippen LogP contribution is -2.40. The SMILES string of the molecule is CCCC(O)CNC(=O)NCCCn1ccc2ccccc21. The van der Waals surface area contributed by atoms with Gasteiger partial charge in [0.2, 0.25) is 0 Å². The summed E-state index contributed by atoms with van der Waals surface area (Å²) in [4.78, 5) is 11.6. The van der Waals surface area contributed by atoms with E-state index in [0.717, 1.165) is 19.4 Å². The molecule has 0 radical (unpaired) electrons. The first kappa shape index (κ1) is 16.4. The predicted octanol–water partition coefficient (Wildman–Crippen LogP) is 2.49. The number of aliphatic hydroxyl groups excluding tert-OH is 1. The van der Waals surface area contributed by atoms with Gasteiger partial charge in [0.25, 0.3) is 0 Å². The Morgan fingerprint density at radius 2 is 2.09 bits per heavy atom. The molecule has 1 atom stereocenters. The molecule has 0 aliphatic rings. The zero-order valence-corrected chi connectivity index (χ0v) is 13.1. The summed E-state index contributed by atoms with van der Waals surface area (Å²) in [6, 6.07) is 10.2. The van der Waals surface area contributed by atoms with Gasteiger partial charge in [-0.05, 0) is 30.4 Å². The van der Waals surface area contributed by atoms with Crippen LogP contribution in [0.5, 0.6) is 0 Å². The van der Waals surface area contributed by atoms with Crippen LogP contribution in [0.25, 0.3) is 10.9 Å². The molecule has 0 aliphatic heterocycles. The summed E-state index contributed by atoms with van der Waals surface area (Å²) >= 11 is 0. The van der Waals surface area contributed by atoms with Crippen LogP contribution >= 0.6 is 0 Å². The molecule has 1 unspecified atom stereocenters. The summed E-state index contributed by atoms with van der Waals surface area (Å²) in [5.41, 5.74) is 1.22. The lowest BCUT2D eigenvalue weighted by atomic mass is 10.2. The van der Waals surface area contributed by atoms with E-state index in [1.165, 1.54) is 10.9 Å². The molecule has 3 N–H and O–H groups in total. The van der Waals surface area contributed by atoms with Gasteiger partial charge in [-0.2, -0.15) is 0 Å². The number of carbonyl (C=O) groups is 1. The molecule has 5 heteroatoms. The fraction of sp³-hybridized carbons (Fsp3) is 0.471. The van der Waals surface area contributed by atoms with Crippen molar-refractivity contribution < 1.29 is 9.90 Å². The molecule has 120 valence electrons. The smallest absolute Gasteiger partial charge is 0.314 e. The molecule has 0 fully saturated rings. The maximum atomic E-state index is 11.6. The Morgan fingerprint density at radius 3 is 2.91 bits per heavy atom. The number of amides is 2. The van der Waals surface area contributed by atoms with E-state index in [1.807, 2.05) is 19.1 Å². The summed E-state index contributed by atoms with van der Waals surface area (Å²) in [6.45, 7) is 3.80. The van der Waals surface area contributed by atoms with Gasteiger partial charge in [-0.25, -0.2) is 4.79 Å². The number of carbonyl (C=O) groups excluding carboxylic acids is 1. The summed E-state index contributed by atoms with van der Waals surface area (Å²) in [5.74, 6) is 0. The topological polar surface area (TPSA) is 66.3 Å². The Morgan fingerprint density at radius 1 is 1.27 bits per heavy atom. The number of aromatic nitrogens is 1. The van der Waals surface area contributed by atoms with Crippen LogP contribution in [0.15, 0.2) is 36.5 Å². The van der Waals surface area contributed by atoms with E-state index in [4.69, 9.17) is 0 Å². The van der Waals surface area contributed by atoms with Crippen LogP contribution in [0.2, 0.25) is 0 Å². The van der Waals surface area contributed by atoms with E-state index in [9.17, 15) is 9.90 Å². The zero-order valence-electron chi connectivity index (χ0n) is 13.1. The molecule has 0 aliphatic carbocycles. The molecule has 0 spiro atoms. The number of aliphatic hydroxyl groups is 1. The summed E-state index contributed by atoms with van der Waals surface area (Å²) < 4.78 is 2.19. The quantitative estimate of drug-likeness (QED) is 0.656. The van der Waals surface area contributed by atoms with Crippen molar-refractivity contribution in [2.75, 3.05) is 13.1 Å². The highest BCUT2D eigenvalue weighted by molar-refractivity contribution is 5.79. The highest BCUT2D eigenvalue weighted by Gasteiger charge is 2.05. The minimum Gasteiger partial charge on any atom is -0.391 e. The molecule has 22 heavy (non-hydrogen) atoms. The van der Waals surface area contributed by atoms with Crippen LogP contribution in [-0.2, 0) is 6.54 Å². The van der Waals surface area contributed by atoms with Gasteiger partial charge in [-0.15, -0.1) is 0 Å². The van der Waals surface area contributed by atoms with Crippen LogP contribution < -0.4 is 10.6 Å². The van der Waals surface area contributed by atoms with Crippen molar-refractivity contribution in [1.82, 2.24) is 15.2 Å². The Labute approximate surface area is 131 Å². The zero-order chi connectivity index (χ0) is 15.8. The van der Waals surface area contributed by atoms with Gasteiger partial charge in [0, 0.05) is 31.3 Å². The van der Waals surface area contributed by atoms with Gasteiger partial charge in [0.05, 0.1) is 6.10 Å². The van der Waals surface area contributed by atoms with Gasteiger partial charge in [-0.1, -0.05) is 31.5 Å². The van der Waals surface area contributed by atoms with E-state index in [0.29, 0.717) is 19.5 Å². The number of rotatable bonds is 8. The lowest BCUT2D eigenvalue weighted by molar-refractivity contribution is 0.160. The number of benzene rings is 1. The third kappa shape index (κ3) is 4.77. The number of urea groups is 1. The molecular formula is C17H25N3O2. The Kier molecular flexibility index (Phi) is 6.27. The van der Waals surface area contributed by atoms with Gasteiger partial charge < -0.3 is 20.3 Å². The number of para-hydroxylation sites is 1. The van der Waals surface area contributed by atoms with Crippen molar-refractivity contribution in [2.45, 2.75) is 38.8 Å². The minimum atomic E-state index is -0.456. The number of hydrogen-bond donors (Lipinski definition) is 3. The monoisotopic (exact) mass is 303 g/mol. The molecule has 1 heterocycles. The number of fused-ring (bicyclic) bond motifs is 1. The molecule has 5 nitrogen and oxygen atoms in total. The Bertz CT molecular complexity index is 594. The third-order valence-electron chi connectivity index (χ3n) is 3.66. The maximum Gasteiger partial charge on any atom is 0.314 e. The molecule has 1 aromatic heterocycles. The van der Waals surface area contributed by atoms with Crippen LogP contribution in [0.3, 0.4) is 0 Å². The minimum absolute atomic E-state index is 0.215. The van der Waals surface area contributed by atoms with Gasteiger partial charge >= 0.3 is 6.03 Å². The number of hydrogen-bond acceptors (Lipinski definition) is 2. The fourth-order valence-electron chi connectivity index (χ4n) is 2.50. The van der Waals surface area contributed by atoms with E-state index in [1.54, 1.807) is 0 Å². The molecule has 0 bridgehead atoms. The second-order valence-electron chi connectivity index (χ2n) is 5.50. The van der Waals surface area contributed by atoms with Crippen molar-refractivity contribution >= 4 is 16.9 Å². The third-order valence-corrected chi connectivity index (χ3v) is 3.66. The van der Waals surface area contributed by atoms with E-state index < -0.39 is 6.10 Å². The normalized spacial score (nSPS) is 12.3. The molecule has 0 saturated heterocycles. The standard InChI is InChI=1S/C17H25N3O2/c1-2-6-15(21)13-19-17(22)18-10-5-11-20-12-9-14-7-3-4-8-16(14)20/h3-4,7-9,12,15,21H,2,5-6,10-11,13H2,1H3,(H2,18,19,22). The highest BCUT2D eigenvalue weighted by Crippen LogP contribution is 2.15. The second kappa shape index (κ2) is 8.44. The predicted molar refractivity (Wildman–Crippen MR) is 88.9 cm³/mol. The van der Waals surface area contributed by atoms with Gasteiger partial charge in [-0.3, -0.25) is 0 Å². The molecule has 2 rings (SSSR count). The maximum absolute atomic E-state index is 11.6. The van der Waals surface area contributed by atoms with Crippen LogP contribution in [0.4, 0.5) is 4.79 Å². The largest absolute Gasteiger partial charge is 0.391 e. The highest BCUT2D eigenvalue weighted by atomic mass is 16.3. The average molecular weight is 303 g/mol. The van der Waals surface area contributed by atoms with E-state index in [2.05, 4.69) is 39.6 Å². The summed E-state index contributed by atoms with van der Waals surface area (Å²) in [6.07, 6.45) is 4.10. The number of nitrogens with one attached hydrogen (secondary N) is 2. The van der Waals surface area contributed by atoms with Gasteiger partial charge in [0.15, 0.2) is 0 Å². The van der Waals surface area contributed by atoms with Crippen molar-refractivity contribution in [1.29, 1.82) is 0 Å². The molecule has 0 saturated carbocycles. The van der Waals surface area contributed by atoms with E-state index in [-0.39, 0.29) is 6.03 Å². The van der Waals surface area contributed by atoms with Crippen LogP contribution in [-0.4, -0.2) is 34.9 Å².